The fourth-order valence-corrected chi connectivity index (χ4v) is 3.56. The van der Waals surface area contributed by atoms with Crippen LogP contribution in [-0.4, -0.2) is 23.3 Å². The fraction of sp³-hybridized carbons (Fsp3) is 0.375. The Morgan fingerprint density at radius 2 is 2.35 bits per heavy atom. The molecular weight excluding hydrogens is 270 g/mol. The Kier molecular flexibility index (Phi) is 3.57. The summed E-state index contributed by atoms with van der Waals surface area (Å²) in [5.41, 5.74) is 3.22. The number of nitrogens with zero attached hydrogens (tertiary/aromatic N) is 1. The molecule has 1 aromatic carbocycles. The normalized spacial score (nSPS) is 19.1. The molecule has 0 fully saturated rings. The van der Waals surface area contributed by atoms with E-state index < -0.39 is 5.97 Å². The minimum Gasteiger partial charge on any atom is -0.481 e. The van der Waals surface area contributed by atoms with Gasteiger partial charge in [-0.2, -0.15) is 0 Å². The Balaban J connectivity index is 1.99. The summed E-state index contributed by atoms with van der Waals surface area (Å²) in [4.78, 5) is 15.6. The van der Waals surface area contributed by atoms with Gasteiger partial charge in [-0.3, -0.25) is 9.79 Å². The number of rotatable bonds is 3. The van der Waals surface area contributed by atoms with E-state index >= 15 is 0 Å². The molecule has 1 aliphatic rings. The number of hydrogen-bond donors (Lipinski definition) is 1. The first kappa shape index (κ1) is 13.3. The van der Waals surface area contributed by atoms with Gasteiger partial charge in [0.2, 0.25) is 0 Å². The fourth-order valence-electron chi connectivity index (χ4n) is 2.62. The molecule has 2 aromatic rings. The van der Waals surface area contributed by atoms with Crippen molar-refractivity contribution < 1.29 is 9.90 Å². The Morgan fingerprint density at radius 1 is 1.50 bits per heavy atom. The van der Waals surface area contributed by atoms with Crippen molar-refractivity contribution in [1.29, 1.82) is 0 Å². The standard InChI is InChI=1S/C16H17NO2S/c1-10-2-4-14(17-8-10)11-3-5-15-13(6-11)12(9-20-15)7-16(18)19/h3,5-6,9-10H,2,4,7-8H2,1H3,(H,18,19). The minimum absolute atomic E-state index is 0.0902. The Morgan fingerprint density at radius 3 is 3.05 bits per heavy atom. The van der Waals surface area contributed by atoms with Gasteiger partial charge in [-0.25, -0.2) is 0 Å². The summed E-state index contributed by atoms with van der Waals surface area (Å²) in [5, 5.41) is 12.0. The molecule has 3 nitrogen and oxygen atoms in total. The van der Waals surface area contributed by atoms with Gasteiger partial charge in [0, 0.05) is 17.0 Å². The molecule has 0 saturated carbocycles. The lowest BCUT2D eigenvalue weighted by atomic mass is 9.95. The van der Waals surface area contributed by atoms with Crippen LogP contribution in [0.15, 0.2) is 28.6 Å². The molecular formula is C16H17NO2S. The molecule has 0 saturated heterocycles. The second-order valence-electron chi connectivity index (χ2n) is 5.47. The van der Waals surface area contributed by atoms with Gasteiger partial charge >= 0.3 is 5.97 Å². The predicted molar refractivity (Wildman–Crippen MR) is 83.0 cm³/mol. The summed E-state index contributed by atoms with van der Waals surface area (Å²) in [5.74, 6) is -0.106. The molecule has 2 heterocycles. The van der Waals surface area contributed by atoms with Crippen LogP contribution in [0.3, 0.4) is 0 Å². The SMILES string of the molecule is CC1CCC(c2ccc3scc(CC(=O)O)c3c2)=NC1. The summed E-state index contributed by atoms with van der Waals surface area (Å²) in [6.07, 6.45) is 2.29. The van der Waals surface area contributed by atoms with Crippen LogP contribution in [0, 0.1) is 5.92 Å². The van der Waals surface area contributed by atoms with Crippen molar-refractivity contribution in [2.45, 2.75) is 26.2 Å². The zero-order valence-corrected chi connectivity index (χ0v) is 12.2. The van der Waals surface area contributed by atoms with Gasteiger partial charge in [-0.15, -0.1) is 11.3 Å². The number of aliphatic imine (C=N–C) groups is 1. The molecule has 0 aliphatic carbocycles. The van der Waals surface area contributed by atoms with Crippen molar-refractivity contribution in [1.82, 2.24) is 0 Å². The highest BCUT2D eigenvalue weighted by Gasteiger charge is 2.15. The summed E-state index contributed by atoms with van der Waals surface area (Å²) in [6, 6.07) is 6.30. The van der Waals surface area contributed by atoms with E-state index in [1.54, 1.807) is 11.3 Å². The predicted octanol–water partition coefficient (Wildman–Crippen LogP) is 3.75. The minimum atomic E-state index is -0.779. The number of thiophene rings is 1. The van der Waals surface area contributed by atoms with E-state index in [4.69, 9.17) is 5.11 Å². The zero-order chi connectivity index (χ0) is 14.1. The third kappa shape index (κ3) is 2.61. The third-order valence-electron chi connectivity index (χ3n) is 3.80. The van der Waals surface area contributed by atoms with Crippen LogP contribution in [0.4, 0.5) is 0 Å². The molecule has 1 atom stereocenters. The molecule has 20 heavy (non-hydrogen) atoms. The van der Waals surface area contributed by atoms with Gasteiger partial charge in [-0.1, -0.05) is 13.0 Å². The van der Waals surface area contributed by atoms with Crippen molar-refractivity contribution in [2.24, 2.45) is 10.9 Å². The van der Waals surface area contributed by atoms with Crippen LogP contribution >= 0.6 is 11.3 Å². The molecule has 1 aliphatic heterocycles. The summed E-state index contributed by atoms with van der Waals surface area (Å²) in [7, 11) is 0. The van der Waals surface area contributed by atoms with Gasteiger partial charge in [-0.05, 0) is 52.8 Å². The van der Waals surface area contributed by atoms with E-state index in [0.717, 1.165) is 39.9 Å². The molecule has 1 unspecified atom stereocenters. The van der Waals surface area contributed by atoms with Gasteiger partial charge in [0.25, 0.3) is 0 Å². The van der Waals surface area contributed by atoms with Gasteiger partial charge in [0.1, 0.15) is 0 Å². The number of aliphatic carboxylic acids is 1. The molecule has 0 bridgehead atoms. The number of benzene rings is 1. The van der Waals surface area contributed by atoms with Crippen LogP contribution < -0.4 is 0 Å². The Bertz CT molecular complexity index is 687. The molecule has 1 N–H and O–H groups in total. The second-order valence-corrected chi connectivity index (χ2v) is 6.38. The smallest absolute Gasteiger partial charge is 0.307 e. The average molecular weight is 287 g/mol. The lowest BCUT2D eigenvalue weighted by Crippen LogP contribution is -2.14. The van der Waals surface area contributed by atoms with Gasteiger partial charge in [0.15, 0.2) is 0 Å². The molecule has 1 aromatic heterocycles. The number of fused-ring (bicyclic) bond motifs is 1. The molecule has 0 radical (unpaired) electrons. The van der Waals surface area contributed by atoms with E-state index in [1.807, 2.05) is 5.38 Å². The highest BCUT2D eigenvalue weighted by Crippen LogP contribution is 2.29. The summed E-state index contributed by atoms with van der Waals surface area (Å²) >= 11 is 1.61. The number of hydrogen-bond acceptors (Lipinski definition) is 3. The molecule has 0 amide bonds. The van der Waals surface area contributed by atoms with Crippen LogP contribution in [0.25, 0.3) is 10.1 Å². The first-order valence-electron chi connectivity index (χ1n) is 6.89. The van der Waals surface area contributed by atoms with Crippen LogP contribution in [-0.2, 0) is 11.2 Å². The molecule has 3 rings (SSSR count). The van der Waals surface area contributed by atoms with Crippen molar-refractivity contribution in [3.8, 4) is 0 Å². The third-order valence-corrected chi connectivity index (χ3v) is 4.81. The van der Waals surface area contributed by atoms with Crippen molar-refractivity contribution in [3.05, 3.63) is 34.7 Å². The highest BCUT2D eigenvalue weighted by atomic mass is 32.1. The molecule has 104 valence electrons. The largest absolute Gasteiger partial charge is 0.481 e. The van der Waals surface area contributed by atoms with E-state index in [2.05, 4.69) is 30.1 Å². The van der Waals surface area contributed by atoms with Crippen molar-refractivity contribution in [3.63, 3.8) is 0 Å². The lowest BCUT2D eigenvalue weighted by Gasteiger charge is -2.17. The monoisotopic (exact) mass is 287 g/mol. The quantitative estimate of drug-likeness (QED) is 0.934. The highest BCUT2D eigenvalue weighted by molar-refractivity contribution is 7.17. The first-order chi connectivity index (χ1) is 9.63. The Hall–Kier alpha value is -1.68. The van der Waals surface area contributed by atoms with E-state index in [1.165, 1.54) is 6.42 Å². The lowest BCUT2D eigenvalue weighted by molar-refractivity contribution is -0.136. The number of carboxylic acid groups (broad SMARTS) is 1. The average Bonchev–Trinajstić information content (AvgIpc) is 2.81. The number of carbonyl (C=O) groups is 1. The van der Waals surface area contributed by atoms with Gasteiger partial charge in [0.05, 0.1) is 6.42 Å². The maximum absolute atomic E-state index is 10.9. The van der Waals surface area contributed by atoms with Crippen LogP contribution in [0.5, 0.6) is 0 Å². The van der Waals surface area contributed by atoms with Crippen LogP contribution in [0.2, 0.25) is 0 Å². The topological polar surface area (TPSA) is 49.7 Å². The second kappa shape index (κ2) is 5.37. The summed E-state index contributed by atoms with van der Waals surface area (Å²) < 4.78 is 1.15. The summed E-state index contributed by atoms with van der Waals surface area (Å²) in [6.45, 7) is 3.13. The molecule has 4 heteroatoms. The van der Waals surface area contributed by atoms with Gasteiger partial charge < -0.3 is 5.11 Å². The van der Waals surface area contributed by atoms with E-state index in [-0.39, 0.29) is 6.42 Å². The van der Waals surface area contributed by atoms with E-state index in [9.17, 15) is 4.79 Å². The number of carboxylic acids is 1. The maximum atomic E-state index is 10.9. The Labute approximate surface area is 122 Å². The first-order valence-corrected chi connectivity index (χ1v) is 7.77. The van der Waals surface area contributed by atoms with Crippen molar-refractivity contribution in [2.75, 3.05) is 6.54 Å². The van der Waals surface area contributed by atoms with Crippen molar-refractivity contribution >= 4 is 33.1 Å². The molecule has 0 spiro atoms. The maximum Gasteiger partial charge on any atom is 0.307 e. The zero-order valence-electron chi connectivity index (χ0n) is 11.4. The van der Waals surface area contributed by atoms with E-state index in [0.29, 0.717) is 5.92 Å². The van der Waals surface area contributed by atoms with Crippen LogP contribution in [0.1, 0.15) is 30.9 Å².